The Bertz CT molecular complexity index is 616. The van der Waals surface area contributed by atoms with Crippen LogP contribution in [0.3, 0.4) is 0 Å². The minimum Gasteiger partial charge on any atom is -0.497 e. The molecule has 2 amide bonds. The SMILES string of the molecule is COc1cccc(CC(=O)N2CCCC23CCCN(C)C3=O)c1. The third-order valence-corrected chi connectivity index (χ3v) is 5.11. The van der Waals surface area contributed by atoms with Gasteiger partial charge in [0.15, 0.2) is 0 Å². The summed E-state index contributed by atoms with van der Waals surface area (Å²) < 4.78 is 5.22. The van der Waals surface area contributed by atoms with Gasteiger partial charge < -0.3 is 14.5 Å². The van der Waals surface area contributed by atoms with E-state index in [0.717, 1.165) is 43.5 Å². The number of likely N-dealkylation sites (N-methyl/N-ethyl adjacent to an activating group) is 1. The summed E-state index contributed by atoms with van der Waals surface area (Å²) in [6.07, 6.45) is 3.77. The first-order chi connectivity index (χ1) is 11.1. The predicted octanol–water partition coefficient (Wildman–Crippen LogP) is 1.85. The molecule has 2 heterocycles. The van der Waals surface area contributed by atoms with E-state index in [-0.39, 0.29) is 11.8 Å². The lowest BCUT2D eigenvalue weighted by Crippen LogP contribution is -2.60. The van der Waals surface area contributed by atoms with E-state index >= 15 is 0 Å². The van der Waals surface area contributed by atoms with Crippen molar-refractivity contribution in [2.24, 2.45) is 0 Å². The van der Waals surface area contributed by atoms with Crippen LogP contribution in [-0.2, 0) is 16.0 Å². The number of likely N-dealkylation sites (tertiary alicyclic amines) is 2. The molecule has 2 aliphatic heterocycles. The maximum absolute atomic E-state index is 12.9. The zero-order valence-corrected chi connectivity index (χ0v) is 13.9. The lowest BCUT2D eigenvalue weighted by molar-refractivity contribution is -0.153. The van der Waals surface area contributed by atoms with Crippen LogP contribution in [0.5, 0.6) is 5.75 Å². The van der Waals surface area contributed by atoms with Crippen LogP contribution in [-0.4, -0.2) is 54.4 Å². The second-order valence-corrected chi connectivity index (χ2v) is 6.54. The molecule has 3 rings (SSSR count). The van der Waals surface area contributed by atoms with Gasteiger partial charge in [-0.05, 0) is 43.4 Å². The molecular formula is C18H24N2O3. The Morgan fingerprint density at radius 1 is 1.26 bits per heavy atom. The van der Waals surface area contributed by atoms with Gasteiger partial charge in [-0.15, -0.1) is 0 Å². The molecule has 2 fully saturated rings. The fourth-order valence-corrected chi connectivity index (χ4v) is 3.95. The number of carbonyl (C=O) groups excluding carboxylic acids is 2. The van der Waals surface area contributed by atoms with Gasteiger partial charge in [-0.2, -0.15) is 0 Å². The summed E-state index contributed by atoms with van der Waals surface area (Å²) in [4.78, 5) is 29.2. The monoisotopic (exact) mass is 316 g/mol. The van der Waals surface area contributed by atoms with Crippen LogP contribution in [0.4, 0.5) is 0 Å². The molecule has 2 aliphatic rings. The number of benzene rings is 1. The summed E-state index contributed by atoms with van der Waals surface area (Å²) in [6, 6.07) is 7.57. The summed E-state index contributed by atoms with van der Waals surface area (Å²) in [7, 11) is 3.46. The molecular weight excluding hydrogens is 292 g/mol. The van der Waals surface area contributed by atoms with Gasteiger partial charge >= 0.3 is 0 Å². The number of rotatable bonds is 3. The summed E-state index contributed by atoms with van der Waals surface area (Å²) in [5, 5.41) is 0. The largest absolute Gasteiger partial charge is 0.497 e. The first-order valence-corrected chi connectivity index (χ1v) is 8.26. The van der Waals surface area contributed by atoms with Gasteiger partial charge in [0.05, 0.1) is 13.5 Å². The fourth-order valence-electron chi connectivity index (χ4n) is 3.95. The van der Waals surface area contributed by atoms with Crippen LogP contribution in [0, 0.1) is 0 Å². The highest BCUT2D eigenvalue weighted by Crippen LogP contribution is 2.38. The normalized spacial score (nSPS) is 24.3. The molecule has 0 aromatic heterocycles. The van der Waals surface area contributed by atoms with E-state index in [0.29, 0.717) is 13.0 Å². The van der Waals surface area contributed by atoms with Crippen LogP contribution < -0.4 is 4.74 Å². The first-order valence-electron chi connectivity index (χ1n) is 8.26. The van der Waals surface area contributed by atoms with Crippen molar-refractivity contribution in [1.82, 2.24) is 9.80 Å². The summed E-state index contributed by atoms with van der Waals surface area (Å²) >= 11 is 0. The van der Waals surface area contributed by atoms with Crippen LogP contribution in [0.1, 0.15) is 31.2 Å². The smallest absolute Gasteiger partial charge is 0.248 e. The third kappa shape index (κ3) is 2.80. The highest BCUT2D eigenvalue weighted by molar-refractivity contribution is 5.93. The number of ether oxygens (including phenoxy) is 1. The number of hydrogen-bond donors (Lipinski definition) is 0. The van der Waals surface area contributed by atoms with Crippen molar-refractivity contribution in [2.75, 3.05) is 27.2 Å². The van der Waals surface area contributed by atoms with E-state index in [1.807, 2.05) is 36.2 Å². The molecule has 0 saturated carbocycles. The molecule has 23 heavy (non-hydrogen) atoms. The summed E-state index contributed by atoms with van der Waals surface area (Å²) in [5.41, 5.74) is 0.330. The van der Waals surface area contributed by atoms with Crippen LogP contribution >= 0.6 is 0 Å². The van der Waals surface area contributed by atoms with Gasteiger partial charge in [0.1, 0.15) is 11.3 Å². The van der Waals surface area contributed by atoms with Crippen LogP contribution in [0.25, 0.3) is 0 Å². The van der Waals surface area contributed by atoms with Crippen LogP contribution in [0.2, 0.25) is 0 Å². The number of hydrogen-bond acceptors (Lipinski definition) is 3. The Balaban J connectivity index is 1.79. The second kappa shape index (κ2) is 6.22. The highest BCUT2D eigenvalue weighted by Gasteiger charge is 2.51. The average molecular weight is 316 g/mol. The molecule has 1 aromatic rings. The lowest BCUT2D eigenvalue weighted by atomic mass is 9.85. The maximum atomic E-state index is 12.9. The summed E-state index contributed by atoms with van der Waals surface area (Å²) in [5.74, 6) is 0.902. The minimum absolute atomic E-state index is 0.0411. The van der Waals surface area contributed by atoms with E-state index in [1.165, 1.54) is 0 Å². The Morgan fingerprint density at radius 3 is 2.74 bits per heavy atom. The predicted molar refractivity (Wildman–Crippen MR) is 87.2 cm³/mol. The van der Waals surface area contributed by atoms with Crippen LogP contribution in [0.15, 0.2) is 24.3 Å². The zero-order valence-electron chi connectivity index (χ0n) is 13.9. The molecule has 1 atom stereocenters. The van der Waals surface area contributed by atoms with E-state index in [1.54, 1.807) is 12.0 Å². The van der Waals surface area contributed by atoms with Crippen molar-refractivity contribution in [3.63, 3.8) is 0 Å². The van der Waals surface area contributed by atoms with Gasteiger partial charge in [-0.3, -0.25) is 9.59 Å². The molecule has 1 unspecified atom stereocenters. The highest BCUT2D eigenvalue weighted by atomic mass is 16.5. The Labute approximate surface area is 137 Å². The van der Waals surface area contributed by atoms with E-state index in [9.17, 15) is 9.59 Å². The number of nitrogens with zero attached hydrogens (tertiary/aromatic N) is 2. The topological polar surface area (TPSA) is 49.9 Å². The molecule has 0 bridgehead atoms. The van der Waals surface area contributed by atoms with Gasteiger partial charge in [-0.25, -0.2) is 0 Å². The molecule has 0 aliphatic carbocycles. The number of piperidine rings is 1. The third-order valence-electron chi connectivity index (χ3n) is 5.11. The first kappa shape index (κ1) is 15.8. The number of methoxy groups -OCH3 is 1. The molecule has 0 N–H and O–H groups in total. The Kier molecular flexibility index (Phi) is 4.28. The quantitative estimate of drug-likeness (QED) is 0.855. The van der Waals surface area contributed by atoms with Crippen molar-refractivity contribution in [2.45, 2.75) is 37.6 Å². The molecule has 5 heteroatoms. The lowest BCUT2D eigenvalue weighted by Gasteiger charge is -2.43. The average Bonchev–Trinajstić information content (AvgIpc) is 2.97. The van der Waals surface area contributed by atoms with Crippen molar-refractivity contribution in [1.29, 1.82) is 0 Å². The molecule has 124 valence electrons. The molecule has 1 aromatic carbocycles. The fraction of sp³-hybridized carbons (Fsp3) is 0.556. The van der Waals surface area contributed by atoms with Gasteiger partial charge in [-0.1, -0.05) is 12.1 Å². The van der Waals surface area contributed by atoms with Crippen molar-refractivity contribution < 1.29 is 14.3 Å². The van der Waals surface area contributed by atoms with E-state index in [4.69, 9.17) is 4.74 Å². The number of amides is 2. The Hall–Kier alpha value is -2.04. The molecule has 1 spiro atoms. The molecule has 2 saturated heterocycles. The standard InChI is InChI=1S/C18H24N2O3/c1-19-10-4-8-18(17(19)22)9-5-11-20(18)16(21)13-14-6-3-7-15(12-14)23-2/h3,6-7,12H,4-5,8-11,13H2,1-2H3. The second-order valence-electron chi connectivity index (χ2n) is 6.54. The van der Waals surface area contributed by atoms with Gasteiger partial charge in [0, 0.05) is 20.1 Å². The van der Waals surface area contributed by atoms with E-state index < -0.39 is 5.54 Å². The Morgan fingerprint density at radius 2 is 2.00 bits per heavy atom. The van der Waals surface area contributed by atoms with E-state index in [2.05, 4.69) is 0 Å². The minimum atomic E-state index is -0.594. The molecule has 5 nitrogen and oxygen atoms in total. The number of carbonyl (C=O) groups is 2. The van der Waals surface area contributed by atoms with Gasteiger partial charge in [0.25, 0.3) is 0 Å². The van der Waals surface area contributed by atoms with Crippen molar-refractivity contribution in [3.05, 3.63) is 29.8 Å². The molecule has 0 radical (unpaired) electrons. The maximum Gasteiger partial charge on any atom is 0.248 e. The van der Waals surface area contributed by atoms with Gasteiger partial charge in [0.2, 0.25) is 11.8 Å². The zero-order chi connectivity index (χ0) is 16.4. The summed E-state index contributed by atoms with van der Waals surface area (Å²) in [6.45, 7) is 1.47. The van der Waals surface area contributed by atoms with Crippen molar-refractivity contribution >= 4 is 11.8 Å². The van der Waals surface area contributed by atoms with Crippen molar-refractivity contribution in [3.8, 4) is 5.75 Å².